The van der Waals surface area contributed by atoms with Gasteiger partial charge in [0, 0.05) is 32.2 Å². The molecule has 2 aromatic heterocycles. The minimum Gasteiger partial charge on any atom is -0.481 e. The minimum atomic E-state index is -1.25. The molecule has 4 aromatic rings. The Labute approximate surface area is 223 Å². The predicted molar refractivity (Wildman–Crippen MR) is 150 cm³/mol. The second kappa shape index (κ2) is 12.2. The third-order valence-electron chi connectivity index (χ3n) is 5.87. The fourth-order valence-corrected chi connectivity index (χ4v) is 4.57. The maximum absolute atomic E-state index is 13.0. The molecule has 0 saturated carbocycles. The number of rotatable bonds is 10. The zero-order valence-electron chi connectivity index (χ0n) is 22.3. The van der Waals surface area contributed by atoms with Gasteiger partial charge in [-0.25, -0.2) is 14.4 Å². The number of aromatic nitrogens is 4. The summed E-state index contributed by atoms with van der Waals surface area (Å²) in [7, 11) is -1.25. The lowest BCUT2D eigenvalue weighted by Gasteiger charge is -2.16. The van der Waals surface area contributed by atoms with Crippen molar-refractivity contribution in [1.82, 2.24) is 19.5 Å². The zero-order valence-corrected chi connectivity index (χ0v) is 23.3. The van der Waals surface area contributed by atoms with Gasteiger partial charge >= 0.3 is 0 Å². The van der Waals surface area contributed by atoms with Crippen molar-refractivity contribution >= 4 is 19.2 Å². The number of ether oxygens (including phenoxy) is 2. The second-order valence-corrected chi connectivity index (χ2v) is 15.9. The van der Waals surface area contributed by atoms with Gasteiger partial charge in [-0.15, -0.1) is 0 Å². The molecule has 0 aliphatic rings. The van der Waals surface area contributed by atoms with Crippen molar-refractivity contribution in [2.45, 2.75) is 52.2 Å². The molecule has 0 aliphatic heterocycles. The fraction of sp³-hybridized carbons (Fsp3) is 0.345. The molecule has 9 heteroatoms. The van der Waals surface area contributed by atoms with E-state index in [0.717, 1.165) is 23.6 Å². The van der Waals surface area contributed by atoms with Gasteiger partial charge in [0.05, 0.1) is 0 Å². The highest BCUT2D eigenvalue weighted by atomic mass is 28.3. The van der Waals surface area contributed by atoms with Crippen LogP contribution in [0.1, 0.15) is 24.7 Å². The van der Waals surface area contributed by atoms with Crippen molar-refractivity contribution in [1.29, 1.82) is 0 Å². The van der Waals surface area contributed by atoms with Gasteiger partial charge in [-0.05, 0) is 61.0 Å². The molecule has 4 rings (SSSR count). The van der Waals surface area contributed by atoms with E-state index in [9.17, 15) is 9.18 Å². The number of aryl methyl sites for hydroxylation is 1. The highest BCUT2D eigenvalue weighted by molar-refractivity contribution is 6.76. The van der Waals surface area contributed by atoms with Crippen LogP contribution in [0.4, 0.5) is 4.39 Å². The van der Waals surface area contributed by atoms with Crippen LogP contribution in [0.2, 0.25) is 25.7 Å². The molecule has 2 aromatic carbocycles. The Hall–Kier alpha value is -3.74. The summed E-state index contributed by atoms with van der Waals surface area (Å²) in [6.07, 6.45) is 1.55. The normalized spacial score (nSPS) is 11.4. The van der Waals surface area contributed by atoms with Crippen LogP contribution in [0.15, 0.2) is 53.3 Å². The van der Waals surface area contributed by atoms with Crippen LogP contribution < -0.4 is 10.3 Å². The molecule has 1 N–H and O–H groups in total. The van der Waals surface area contributed by atoms with Gasteiger partial charge in [0.1, 0.15) is 36.6 Å². The molecule has 2 heterocycles. The monoisotopic (exact) mass is 532 g/mol. The molecule has 198 valence electrons. The van der Waals surface area contributed by atoms with Crippen molar-refractivity contribution in [3.05, 3.63) is 76.1 Å². The standard InChI is InChI=1S/C29H33FN4O3Si/c1-5-7-25-31-27-26(29(35)32-25)34(20-36-18-19-38(2,3)4)28(33-27)22-11-15-24(16-12-22)37-17-6-8-21-9-13-23(30)14-10-21/h9-16H,5,7,17-20H2,1-4H3,(H,31,32,35). The number of aromatic amines is 1. The van der Waals surface area contributed by atoms with Gasteiger partial charge in [0.15, 0.2) is 11.2 Å². The Balaban J connectivity index is 1.54. The number of hydrogen-bond donors (Lipinski definition) is 1. The number of H-pyrrole nitrogens is 1. The number of nitrogens with one attached hydrogen (secondary N) is 1. The predicted octanol–water partition coefficient (Wildman–Crippen LogP) is 5.62. The smallest absolute Gasteiger partial charge is 0.277 e. The first-order valence-corrected chi connectivity index (χ1v) is 16.5. The third kappa shape index (κ3) is 7.18. The lowest BCUT2D eigenvalue weighted by atomic mass is 10.2. The Morgan fingerprint density at radius 1 is 1.05 bits per heavy atom. The Kier molecular flexibility index (Phi) is 8.76. The quantitative estimate of drug-likeness (QED) is 0.163. The molecule has 0 amide bonds. The van der Waals surface area contributed by atoms with Gasteiger partial charge in [0.2, 0.25) is 0 Å². The van der Waals surface area contributed by atoms with Crippen LogP contribution in [0.5, 0.6) is 5.75 Å². The Morgan fingerprint density at radius 3 is 2.47 bits per heavy atom. The van der Waals surface area contributed by atoms with Gasteiger partial charge < -0.3 is 14.5 Å². The summed E-state index contributed by atoms with van der Waals surface area (Å²) in [5.74, 6) is 7.48. The van der Waals surface area contributed by atoms with E-state index in [-0.39, 0.29) is 24.7 Å². The average molecular weight is 533 g/mol. The number of hydrogen-bond acceptors (Lipinski definition) is 5. The zero-order chi connectivity index (χ0) is 27.1. The lowest BCUT2D eigenvalue weighted by molar-refractivity contribution is 0.0908. The highest BCUT2D eigenvalue weighted by Gasteiger charge is 2.19. The Bertz CT molecular complexity index is 1490. The SMILES string of the molecule is CCCc1nc2nc(-c3ccc(OCC#Cc4ccc(F)cc4)cc3)n(COCC[Si](C)(C)C)c2c(=O)[nH]1. The largest absolute Gasteiger partial charge is 0.481 e. The summed E-state index contributed by atoms with van der Waals surface area (Å²) in [6, 6.07) is 14.5. The molecule has 7 nitrogen and oxygen atoms in total. The molecule has 0 radical (unpaired) electrons. The third-order valence-corrected chi connectivity index (χ3v) is 7.57. The Morgan fingerprint density at radius 2 is 1.79 bits per heavy atom. The van der Waals surface area contributed by atoms with E-state index in [0.29, 0.717) is 41.6 Å². The number of imidazole rings is 1. The molecule has 0 bridgehead atoms. The van der Waals surface area contributed by atoms with Crippen molar-refractivity contribution < 1.29 is 13.9 Å². The number of benzene rings is 2. The van der Waals surface area contributed by atoms with E-state index in [4.69, 9.17) is 14.5 Å². The van der Waals surface area contributed by atoms with Crippen LogP contribution >= 0.6 is 0 Å². The number of nitrogens with zero attached hydrogens (tertiary/aromatic N) is 3. The van der Waals surface area contributed by atoms with Crippen LogP contribution in [0.25, 0.3) is 22.6 Å². The van der Waals surface area contributed by atoms with E-state index in [2.05, 4.69) is 41.4 Å². The topological polar surface area (TPSA) is 82.0 Å². The number of halogens is 1. The maximum Gasteiger partial charge on any atom is 0.277 e. The molecule has 0 fully saturated rings. The average Bonchev–Trinajstić information content (AvgIpc) is 3.24. The van der Waals surface area contributed by atoms with Gasteiger partial charge in [0.25, 0.3) is 5.56 Å². The fourth-order valence-electron chi connectivity index (χ4n) is 3.81. The van der Waals surface area contributed by atoms with E-state index in [1.807, 2.05) is 31.2 Å². The lowest BCUT2D eigenvalue weighted by Crippen LogP contribution is -2.22. The summed E-state index contributed by atoms with van der Waals surface area (Å²) in [5.41, 5.74) is 2.15. The highest BCUT2D eigenvalue weighted by Crippen LogP contribution is 2.25. The first-order chi connectivity index (χ1) is 18.2. The maximum atomic E-state index is 13.0. The molecule has 0 unspecified atom stereocenters. The molecule has 0 saturated heterocycles. The summed E-state index contributed by atoms with van der Waals surface area (Å²) in [5, 5.41) is 0. The first-order valence-electron chi connectivity index (χ1n) is 12.8. The molecular weight excluding hydrogens is 499 g/mol. The van der Waals surface area contributed by atoms with Crippen LogP contribution in [-0.2, 0) is 17.9 Å². The molecular formula is C29H33FN4O3Si. The first kappa shape index (κ1) is 27.3. The molecule has 38 heavy (non-hydrogen) atoms. The minimum absolute atomic E-state index is 0.194. The van der Waals surface area contributed by atoms with Gasteiger partial charge in [-0.2, -0.15) is 0 Å². The van der Waals surface area contributed by atoms with E-state index in [1.165, 1.54) is 12.1 Å². The molecule has 0 aliphatic carbocycles. The van der Waals surface area contributed by atoms with Crippen LogP contribution in [0.3, 0.4) is 0 Å². The van der Waals surface area contributed by atoms with E-state index < -0.39 is 8.07 Å². The number of fused-ring (bicyclic) bond motifs is 1. The molecule has 0 spiro atoms. The molecule has 0 atom stereocenters. The van der Waals surface area contributed by atoms with E-state index >= 15 is 0 Å². The summed E-state index contributed by atoms with van der Waals surface area (Å²) in [4.78, 5) is 25.2. The van der Waals surface area contributed by atoms with E-state index in [1.54, 1.807) is 16.7 Å². The van der Waals surface area contributed by atoms with Crippen molar-refractivity contribution in [2.24, 2.45) is 0 Å². The van der Waals surface area contributed by atoms with Gasteiger partial charge in [-0.3, -0.25) is 9.36 Å². The van der Waals surface area contributed by atoms with Crippen LogP contribution in [0, 0.1) is 17.7 Å². The van der Waals surface area contributed by atoms with Crippen molar-refractivity contribution in [3.63, 3.8) is 0 Å². The van der Waals surface area contributed by atoms with Crippen molar-refractivity contribution in [3.8, 4) is 29.0 Å². The summed E-state index contributed by atoms with van der Waals surface area (Å²) < 4.78 is 26.6. The summed E-state index contributed by atoms with van der Waals surface area (Å²) in [6.45, 7) is 9.98. The second-order valence-electron chi connectivity index (χ2n) is 10.3. The van der Waals surface area contributed by atoms with Gasteiger partial charge in [-0.1, -0.05) is 38.4 Å². The summed E-state index contributed by atoms with van der Waals surface area (Å²) >= 11 is 0. The van der Waals surface area contributed by atoms with Crippen molar-refractivity contribution in [2.75, 3.05) is 13.2 Å². The van der Waals surface area contributed by atoms with Crippen LogP contribution in [-0.4, -0.2) is 40.8 Å².